The molecule has 5 nitrogen and oxygen atoms in total. The minimum atomic E-state index is -1.07. The lowest BCUT2D eigenvalue weighted by atomic mass is 9.96. The van der Waals surface area contributed by atoms with Crippen molar-refractivity contribution >= 4 is 33.5 Å². The smallest absolute Gasteiger partial charge is 0.337 e. The maximum Gasteiger partial charge on any atom is 0.337 e. The molecule has 0 fully saturated rings. The fourth-order valence-corrected chi connectivity index (χ4v) is 2.62. The fourth-order valence-electron chi connectivity index (χ4n) is 2.15. The van der Waals surface area contributed by atoms with Crippen molar-refractivity contribution in [1.29, 1.82) is 0 Å². The van der Waals surface area contributed by atoms with Gasteiger partial charge >= 0.3 is 5.97 Å². The van der Waals surface area contributed by atoms with Crippen LogP contribution in [0.2, 0.25) is 0 Å². The number of nitrogens with two attached hydrogens (primary N) is 1. The zero-order valence-electron chi connectivity index (χ0n) is 12.1. The van der Waals surface area contributed by atoms with Gasteiger partial charge in [-0.15, -0.1) is 0 Å². The van der Waals surface area contributed by atoms with Crippen molar-refractivity contribution in [2.24, 2.45) is 11.7 Å². The van der Waals surface area contributed by atoms with E-state index in [1.165, 1.54) is 6.07 Å². The van der Waals surface area contributed by atoms with Crippen LogP contribution in [-0.2, 0) is 4.79 Å². The van der Waals surface area contributed by atoms with E-state index in [0.29, 0.717) is 29.0 Å². The predicted octanol–water partition coefficient (Wildman–Crippen LogP) is 3.24. The number of rotatable bonds is 8. The number of halogens is 1. The molecule has 4 N–H and O–H groups in total. The molecule has 0 aliphatic heterocycles. The molecule has 0 radical (unpaired) electrons. The van der Waals surface area contributed by atoms with Gasteiger partial charge in [0.05, 0.1) is 11.3 Å². The van der Waals surface area contributed by atoms with E-state index in [-0.39, 0.29) is 11.5 Å². The van der Waals surface area contributed by atoms with E-state index in [9.17, 15) is 9.59 Å². The number of carbonyl (C=O) groups excluding carboxylic acids is 1. The highest BCUT2D eigenvalue weighted by molar-refractivity contribution is 9.10. The molecule has 0 aromatic heterocycles. The second-order valence-electron chi connectivity index (χ2n) is 4.91. The molecule has 0 spiro atoms. The fraction of sp³-hybridized carbons (Fsp3) is 0.467. The van der Waals surface area contributed by atoms with Gasteiger partial charge in [0.1, 0.15) is 0 Å². The first-order chi connectivity index (χ1) is 9.99. The van der Waals surface area contributed by atoms with Gasteiger partial charge < -0.3 is 16.2 Å². The average Bonchev–Trinajstić information content (AvgIpc) is 2.45. The first-order valence-corrected chi connectivity index (χ1v) is 7.80. The molecular weight excluding hydrogens is 336 g/mol. The van der Waals surface area contributed by atoms with E-state index >= 15 is 0 Å². The molecule has 1 aromatic carbocycles. The zero-order valence-corrected chi connectivity index (χ0v) is 13.6. The van der Waals surface area contributed by atoms with Crippen molar-refractivity contribution in [3.8, 4) is 0 Å². The summed E-state index contributed by atoms with van der Waals surface area (Å²) in [5, 5.41) is 11.8. The lowest BCUT2D eigenvalue weighted by Gasteiger charge is -2.14. The van der Waals surface area contributed by atoms with Crippen LogP contribution in [0.5, 0.6) is 0 Å². The van der Waals surface area contributed by atoms with E-state index in [4.69, 9.17) is 10.8 Å². The Hall–Kier alpha value is -1.40. The van der Waals surface area contributed by atoms with Crippen molar-refractivity contribution in [2.75, 3.05) is 11.9 Å². The number of aromatic carboxylic acids is 1. The number of carboxylic acids is 1. The summed E-state index contributed by atoms with van der Waals surface area (Å²) in [6.07, 6.45) is 3.00. The molecule has 0 bridgehead atoms. The Morgan fingerprint density at radius 1 is 1.38 bits per heavy atom. The zero-order chi connectivity index (χ0) is 15.8. The van der Waals surface area contributed by atoms with Gasteiger partial charge in [0.25, 0.3) is 0 Å². The summed E-state index contributed by atoms with van der Waals surface area (Å²) >= 11 is 3.27. The molecule has 0 aliphatic rings. The summed E-state index contributed by atoms with van der Waals surface area (Å²) in [6, 6.07) is 4.79. The average molecular weight is 357 g/mol. The second-order valence-corrected chi connectivity index (χ2v) is 5.76. The van der Waals surface area contributed by atoms with Crippen LogP contribution >= 0.6 is 15.9 Å². The van der Waals surface area contributed by atoms with Gasteiger partial charge in [0.15, 0.2) is 0 Å². The molecule has 0 saturated heterocycles. The van der Waals surface area contributed by atoms with Crippen LogP contribution < -0.4 is 11.1 Å². The van der Waals surface area contributed by atoms with Crippen LogP contribution in [0.3, 0.4) is 0 Å². The SMILES string of the molecule is CCC(CCN)CCC(=O)Nc1c(Br)cccc1C(=O)O. The standard InChI is InChI=1S/C15H21BrN2O3/c1-2-10(8-9-17)6-7-13(19)18-14-11(15(20)21)4-3-5-12(14)16/h3-5,10H,2,6-9,17H2,1H3,(H,18,19)(H,20,21). The van der Waals surface area contributed by atoms with Gasteiger partial charge in [-0.2, -0.15) is 0 Å². The third-order valence-corrected chi connectivity index (χ3v) is 4.10. The molecule has 6 heteroatoms. The molecule has 1 aromatic rings. The summed E-state index contributed by atoms with van der Waals surface area (Å²) in [4.78, 5) is 23.2. The Kier molecular flexibility index (Phi) is 7.39. The number of hydrogen-bond acceptors (Lipinski definition) is 3. The van der Waals surface area contributed by atoms with Crippen molar-refractivity contribution in [3.05, 3.63) is 28.2 Å². The summed E-state index contributed by atoms with van der Waals surface area (Å²) in [7, 11) is 0. The third-order valence-electron chi connectivity index (χ3n) is 3.44. The quantitative estimate of drug-likeness (QED) is 0.666. The number of carboxylic acid groups (broad SMARTS) is 1. The van der Waals surface area contributed by atoms with Crippen LogP contribution in [-0.4, -0.2) is 23.5 Å². The first-order valence-electron chi connectivity index (χ1n) is 7.01. The Morgan fingerprint density at radius 2 is 2.10 bits per heavy atom. The Bertz CT molecular complexity index is 506. The van der Waals surface area contributed by atoms with Crippen LogP contribution in [0.15, 0.2) is 22.7 Å². The lowest BCUT2D eigenvalue weighted by Crippen LogP contribution is -2.17. The van der Waals surface area contributed by atoms with E-state index in [2.05, 4.69) is 28.2 Å². The Labute approximate surface area is 133 Å². The van der Waals surface area contributed by atoms with Gasteiger partial charge in [-0.1, -0.05) is 19.4 Å². The van der Waals surface area contributed by atoms with Crippen LogP contribution in [0.1, 0.15) is 43.0 Å². The molecular formula is C15H21BrN2O3. The first kappa shape index (κ1) is 17.7. The minimum absolute atomic E-state index is 0.0757. The number of anilines is 1. The van der Waals surface area contributed by atoms with Gasteiger partial charge in [0, 0.05) is 10.9 Å². The van der Waals surface area contributed by atoms with Crippen LogP contribution in [0, 0.1) is 5.92 Å². The molecule has 0 aliphatic carbocycles. The van der Waals surface area contributed by atoms with Crippen molar-refractivity contribution in [1.82, 2.24) is 0 Å². The second kappa shape index (κ2) is 8.79. The largest absolute Gasteiger partial charge is 0.478 e. The van der Waals surface area contributed by atoms with E-state index in [0.717, 1.165) is 19.3 Å². The maximum atomic E-state index is 12.0. The number of amides is 1. The Morgan fingerprint density at radius 3 is 2.67 bits per heavy atom. The molecule has 1 atom stereocenters. The predicted molar refractivity (Wildman–Crippen MR) is 86.4 cm³/mol. The maximum absolute atomic E-state index is 12.0. The molecule has 1 amide bonds. The number of para-hydroxylation sites is 1. The highest BCUT2D eigenvalue weighted by atomic mass is 79.9. The highest BCUT2D eigenvalue weighted by Crippen LogP contribution is 2.27. The monoisotopic (exact) mass is 356 g/mol. The molecule has 1 unspecified atom stereocenters. The molecule has 0 saturated carbocycles. The summed E-state index contributed by atoms with van der Waals surface area (Å²) < 4.78 is 0.560. The minimum Gasteiger partial charge on any atom is -0.478 e. The third kappa shape index (κ3) is 5.47. The number of nitrogens with one attached hydrogen (secondary N) is 1. The van der Waals surface area contributed by atoms with E-state index in [1.807, 2.05) is 0 Å². The highest BCUT2D eigenvalue weighted by Gasteiger charge is 2.16. The lowest BCUT2D eigenvalue weighted by molar-refractivity contribution is -0.116. The van der Waals surface area contributed by atoms with Gasteiger partial charge in [-0.05, 0) is 53.4 Å². The number of hydrogen-bond donors (Lipinski definition) is 3. The molecule has 0 heterocycles. The number of benzene rings is 1. The summed E-state index contributed by atoms with van der Waals surface area (Å²) in [6.45, 7) is 2.70. The Balaban J connectivity index is 2.69. The van der Waals surface area contributed by atoms with Crippen molar-refractivity contribution in [3.63, 3.8) is 0 Å². The topological polar surface area (TPSA) is 92.4 Å². The summed E-state index contributed by atoms with van der Waals surface area (Å²) in [5.74, 6) is -0.819. The molecule has 116 valence electrons. The van der Waals surface area contributed by atoms with Crippen molar-refractivity contribution < 1.29 is 14.7 Å². The van der Waals surface area contributed by atoms with Gasteiger partial charge in [0.2, 0.25) is 5.91 Å². The molecule has 1 rings (SSSR count). The van der Waals surface area contributed by atoms with Gasteiger partial charge in [-0.3, -0.25) is 4.79 Å². The number of carbonyl (C=O) groups is 2. The molecule has 21 heavy (non-hydrogen) atoms. The van der Waals surface area contributed by atoms with E-state index in [1.54, 1.807) is 12.1 Å². The van der Waals surface area contributed by atoms with Gasteiger partial charge in [-0.25, -0.2) is 4.79 Å². The normalized spacial score (nSPS) is 12.0. The van der Waals surface area contributed by atoms with Crippen LogP contribution in [0.25, 0.3) is 0 Å². The summed E-state index contributed by atoms with van der Waals surface area (Å²) in [5.41, 5.74) is 5.92. The van der Waals surface area contributed by atoms with Crippen molar-refractivity contribution in [2.45, 2.75) is 32.6 Å². The van der Waals surface area contributed by atoms with Crippen LogP contribution in [0.4, 0.5) is 5.69 Å². The van der Waals surface area contributed by atoms with E-state index < -0.39 is 5.97 Å².